The summed E-state index contributed by atoms with van der Waals surface area (Å²) < 4.78 is 0. The molecule has 8 heavy (non-hydrogen) atoms. The Labute approximate surface area is 53.5 Å². The highest BCUT2D eigenvalue weighted by atomic mass is 35.5. The normalized spacial score (nSPS) is 18.8. The first-order valence-corrected chi connectivity index (χ1v) is 2.75. The quantitative estimate of drug-likeness (QED) is 0.479. The standard InChI is InChI=1S/C5H7ClN2/c1-8-3-2-5(6)7-4-8/h2-3H,4H2,1H3. The summed E-state index contributed by atoms with van der Waals surface area (Å²) in [7, 11) is 1.95. The van der Waals surface area contributed by atoms with E-state index in [1.165, 1.54) is 0 Å². The van der Waals surface area contributed by atoms with Crippen molar-refractivity contribution in [3.05, 3.63) is 12.3 Å². The summed E-state index contributed by atoms with van der Waals surface area (Å²) in [6, 6.07) is 0. The molecule has 0 amide bonds. The summed E-state index contributed by atoms with van der Waals surface area (Å²) in [5.74, 6) is 0. The van der Waals surface area contributed by atoms with Gasteiger partial charge in [-0.25, -0.2) is 0 Å². The van der Waals surface area contributed by atoms with E-state index in [0.29, 0.717) is 11.8 Å². The lowest BCUT2D eigenvalue weighted by Crippen LogP contribution is -2.14. The molecule has 0 aliphatic carbocycles. The third-order valence-electron chi connectivity index (χ3n) is 0.911. The average molecular weight is 131 g/mol. The fourth-order valence-corrected chi connectivity index (χ4v) is 0.577. The molecule has 44 valence electrons. The number of aliphatic imine (C=N–C) groups is 1. The van der Waals surface area contributed by atoms with E-state index in [9.17, 15) is 0 Å². The molecule has 0 radical (unpaired) electrons. The summed E-state index contributed by atoms with van der Waals surface area (Å²) in [6.45, 7) is 0.676. The zero-order valence-electron chi connectivity index (χ0n) is 4.63. The van der Waals surface area contributed by atoms with Crippen LogP contribution >= 0.6 is 11.6 Å². The van der Waals surface area contributed by atoms with Crippen LogP contribution in [0.25, 0.3) is 0 Å². The molecule has 1 aliphatic heterocycles. The van der Waals surface area contributed by atoms with Crippen molar-refractivity contribution < 1.29 is 0 Å². The first-order chi connectivity index (χ1) is 3.79. The van der Waals surface area contributed by atoms with Crippen LogP contribution < -0.4 is 0 Å². The fourth-order valence-electron chi connectivity index (χ4n) is 0.468. The molecule has 0 aromatic carbocycles. The maximum atomic E-state index is 5.52. The SMILES string of the molecule is CN1C=CC(Cl)=NC1. The summed E-state index contributed by atoms with van der Waals surface area (Å²) in [4.78, 5) is 5.88. The lowest BCUT2D eigenvalue weighted by atomic mass is 10.5. The first-order valence-electron chi connectivity index (χ1n) is 2.37. The molecular weight excluding hydrogens is 124 g/mol. The van der Waals surface area contributed by atoms with E-state index in [4.69, 9.17) is 11.6 Å². The van der Waals surface area contributed by atoms with Gasteiger partial charge in [0.15, 0.2) is 0 Å². The molecule has 0 atom stereocenters. The molecule has 0 fully saturated rings. The smallest absolute Gasteiger partial charge is 0.127 e. The van der Waals surface area contributed by atoms with E-state index in [-0.39, 0.29) is 0 Å². The number of nitrogens with zero attached hydrogens (tertiary/aromatic N) is 2. The van der Waals surface area contributed by atoms with Gasteiger partial charge in [0.2, 0.25) is 0 Å². The highest BCUT2D eigenvalue weighted by Gasteiger charge is 1.95. The molecule has 3 heteroatoms. The largest absolute Gasteiger partial charge is 0.361 e. The third kappa shape index (κ3) is 1.23. The Morgan fingerprint density at radius 2 is 2.62 bits per heavy atom. The third-order valence-corrected chi connectivity index (χ3v) is 1.16. The maximum Gasteiger partial charge on any atom is 0.127 e. The van der Waals surface area contributed by atoms with Gasteiger partial charge in [0, 0.05) is 13.2 Å². The number of hydrogen-bond donors (Lipinski definition) is 0. The number of allylic oxidation sites excluding steroid dienone is 1. The van der Waals surface area contributed by atoms with Crippen molar-refractivity contribution >= 4 is 16.8 Å². The molecule has 1 aliphatic rings. The Kier molecular flexibility index (Phi) is 1.53. The number of hydrogen-bond acceptors (Lipinski definition) is 2. The van der Waals surface area contributed by atoms with Crippen LogP contribution in [0.4, 0.5) is 0 Å². The summed E-state index contributed by atoms with van der Waals surface area (Å²) >= 11 is 5.52. The van der Waals surface area contributed by atoms with E-state index in [1.807, 2.05) is 18.1 Å². The van der Waals surface area contributed by atoms with Crippen molar-refractivity contribution in [1.29, 1.82) is 0 Å². The van der Waals surface area contributed by atoms with Gasteiger partial charge in [0.1, 0.15) is 11.8 Å². The predicted molar refractivity (Wildman–Crippen MR) is 35.1 cm³/mol. The Bertz CT molecular complexity index is 139. The Hall–Kier alpha value is -0.500. The van der Waals surface area contributed by atoms with E-state index >= 15 is 0 Å². The van der Waals surface area contributed by atoms with Crippen molar-refractivity contribution in [2.24, 2.45) is 4.99 Å². The summed E-state index contributed by atoms with van der Waals surface area (Å²) in [5, 5.41) is 0.586. The molecule has 1 rings (SSSR count). The van der Waals surface area contributed by atoms with Crippen molar-refractivity contribution in [3.63, 3.8) is 0 Å². The molecule has 1 heterocycles. The van der Waals surface area contributed by atoms with Crippen LogP contribution in [0.1, 0.15) is 0 Å². The topological polar surface area (TPSA) is 15.6 Å². The van der Waals surface area contributed by atoms with Gasteiger partial charge in [-0.3, -0.25) is 4.99 Å². The molecule has 2 nitrogen and oxygen atoms in total. The van der Waals surface area contributed by atoms with Gasteiger partial charge in [-0.2, -0.15) is 0 Å². The summed E-state index contributed by atoms with van der Waals surface area (Å²) in [6.07, 6.45) is 3.67. The van der Waals surface area contributed by atoms with Crippen LogP contribution in [0.15, 0.2) is 17.3 Å². The van der Waals surface area contributed by atoms with Crippen LogP contribution in [0.3, 0.4) is 0 Å². The Balaban J connectivity index is 2.58. The van der Waals surface area contributed by atoms with E-state index in [1.54, 1.807) is 6.08 Å². The first kappa shape index (κ1) is 5.63. The van der Waals surface area contributed by atoms with Crippen molar-refractivity contribution in [2.75, 3.05) is 13.7 Å². The van der Waals surface area contributed by atoms with Gasteiger partial charge in [0.25, 0.3) is 0 Å². The molecule has 0 aromatic rings. The van der Waals surface area contributed by atoms with Gasteiger partial charge in [-0.05, 0) is 6.08 Å². The minimum atomic E-state index is 0.586. The molecule has 0 unspecified atom stereocenters. The van der Waals surface area contributed by atoms with Crippen LogP contribution in [0, 0.1) is 0 Å². The lowest BCUT2D eigenvalue weighted by molar-refractivity contribution is 0.469. The number of rotatable bonds is 0. The molecule has 0 N–H and O–H groups in total. The Morgan fingerprint density at radius 1 is 1.88 bits per heavy atom. The van der Waals surface area contributed by atoms with Crippen LogP contribution in [0.5, 0.6) is 0 Å². The summed E-state index contributed by atoms with van der Waals surface area (Å²) in [5.41, 5.74) is 0. The van der Waals surface area contributed by atoms with Crippen molar-refractivity contribution in [1.82, 2.24) is 4.90 Å². The minimum absolute atomic E-state index is 0.586. The van der Waals surface area contributed by atoms with Crippen molar-refractivity contribution in [3.8, 4) is 0 Å². The van der Waals surface area contributed by atoms with Crippen LogP contribution in [-0.4, -0.2) is 23.8 Å². The fraction of sp³-hybridized carbons (Fsp3) is 0.400. The zero-order chi connectivity index (χ0) is 5.98. The molecule has 0 bridgehead atoms. The molecule has 0 aromatic heterocycles. The molecule has 0 saturated carbocycles. The maximum absolute atomic E-state index is 5.52. The molecule has 0 saturated heterocycles. The van der Waals surface area contributed by atoms with Gasteiger partial charge in [0.05, 0.1) is 0 Å². The van der Waals surface area contributed by atoms with Crippen molar-refractivity contribution in [2.45, 2.75) is 0 Å². The monoisotopic (exact) mass is 130 g/mol. The Morgan fingerprint density at radius 3 is 3.00 bits per heavy atom. The minimum Gasteiger partial charge on any atom is -0.361 e. The highest BCUT2D eigenvalue weighted by molar-refractivity contribution is 6.68. The van der Waals surface area contributed by atoms with Gasteiger partial charge in [-0.1, -0.05) is 11.6 Å². The van der Waals surface area contributed by atoms with Crippen LogP contribution in [0.2, 0.25) is 0 Å². The van der Waals surface area contributed by atoms with Crippen LogP contribution in [-0.2, 0) is 0 Å². The van der Waals surface area contributed by atoms with E-state index in [0.717, 1.165) is 0 Å². The zero-order valence-corrected chi connectivity index (χ0v) is 5.39. The van der Waals surface area contributed by atoms with E-state index in [2.05, 4.69) is 4.99 Å². The number of halogens is 1. The second-order valence-electron chi connectivity index (χ2n) is 1.69. The highest BCUT2D eigenvalue weighted by Crippen LogP contribution is 1.98. The predicted octanol–water partition coefficient (Wildman–Crippen LogP) is 1.04. The van der Waals surface area contributed by atoms with Gasteiger partial charge < -0.3 is 4.90 Å². The van der Waals surface area contributed by atoms with Gasteiger partial charge in [-0.15, -0.1) is 0 Å². The average Bonchev–Trinajstić information content (AvgIpc) is 1.77. The second kappa shape index (κ2) is 2.18. The lowest BCUT2D eigenvalue weighted by Gasteiger charge is -2.12. The molecule has 0 spiro atoms. The molecular formula is C5H7ClN2. The second-order valence-corrected chi connectivity index (χ2v) is 2.08. The van der Waals surface area contributed by atoms with Gasteiger partial charge >= 0.3 is 0 Å². The van der Waals surface area contributed by atoms with E-state index < -0.39 is 0 Å².